The maximum absolute atomic E-state index is 12.4. The fraction of sp³-hybridized carbons (Fsp3) is 0.812. The highest BCUT2D eigenvalue weighted by atomic mass is 16.2. The van der Waals surface area contributed by atoms with Crippen LogP contribution in [0, 0.1) is 11.8 Å². The van der Waals surface area contributed by atoms with Crippen molar-refractivity contribution in [2.24, 2.45) is 11.8 Å². The standard InChI is InChI=1S/C32H60N2O2/c1-7-9-11-13-15-17-19-21-29(3)23-25-31(35)33(5)27-28-34(6)32(36)26-24-30(4)22-20-18-16-14-12-10-8-2/h23-26,29-30H,7-22,27-28H2,1-6H3. The monoisotopic (exact) mass is 504 g/mol. The van der Waals surface area contributed by atoms with Crippen LogP contribution in [0.5, 0.6) is 0 Å². The normalized spacial score (nSPS) is 13.4. The second-order valence-corrected chi connectivity index (χ2v) is 11.0. The highest BCUT2D eigenvalue weighted by Gasteiger charge is 2.10. The molecule has 0 saturated carbocycles. The van der Waals surface area contributed by atoms with Gasteiger partial charge < -0.3 is 9.80 Å². The Balaban J connectivity index is 4.05. The fourth-order valence-corrected chi connectivity index (χ4v) is 4.31. The van der Waals surface area contributed by atoms with Gasteiger partial charge >= 0.3 is 0 Å². The summed E-state index contributed by atoms with van der Waals surface area (Å²) < 4.78 is 0. The van der Waals surface area contributed by atoms with Crippen molar-refractivity contribution >= 4 is 11.8 Å². The average molecular weight is 505 g/mol. The third kappa shape index (κ3) is 20.6. The Labute approximate surface area is 225 Å². The second kappa shape index (κ2) is 23.8. The zero-order chi connectivity index (χ0) is 27.0. The van der Waals surface area contributed by atoms with Crippen molar-refractivity contribution in [2.75, 3.05) is 27.2 Å². The predicted molar refractivity (Wildman–Crippen MR) is 157 cm³/mol. The molecule has 2 amide bonds. The number of unbranched alkanes of at least 4 members (excludes halogenated alkanes) is 12. The first-order chi connectivity index (χ1) is 17.3. The predicted octanol–water partition coefficient (Wildman–Crippen LogP) is 8.57. The molecule has 0 N–H and O–H groups in total. The summed E-state index contributed by atoms with van der Waals surface area (Å²) in [5.41, 5.74) is 0. The van der Waals surface area contributed by atoms with Gasteiger partial charge in [0.2, 0.25) is 11.8 Å². The van der Waals surface area contributed by atoms with Crippen LogP contribution in [-0.2, 0) is 9.59 Å². The topological polar surface area (TPSA) is 40.6 Å². The van der Waals surface area contributed by atoms with E-state index in [-0.39, 0.29) is 11.8 Å². The van der Waals surface area contributed by atoms with Crippen LogP contribution in [-0.4, -0.2) is 48.8 Å². The van der Waals surface area contributed by atoms with E-state index in [0.29, 0.717) is 24.9 Å². The molecule has 0 saturated heterocycles. The minimum Gasteiger partial charge on any atom is -0.340 e. The molecule has 4 heteroatoms. The minimum absolute atomic E-state index is 0.0149. The van der Waals surface area contributed by atoms with Gasteiger partial charge in [0.15, 0.2) is 0 Å². The van der Waals surface area contributed by atoms with Crippen LogP contribution in [0.15, 0.2) is 24.3 Å². The Bertz CT molecular complexity index is 547. The van der Waals surface area contributed by atoms with Crippen molar-refractivity contribution in [1.82, 2.24) is 9.80 Å². The Morgan fingerprint density at radius 1 is 0.556 bits per heavy atom. The van der Waals surface area contributed by atoms with Crippen molar-refractivity contribution < 1.29 is 9.59 Å². The molecule has 0 rings (SSSR count). The number of hydrogen-bond acceptors (Lipinski definition) is 2. The third-order valence-electron chi connectivity index (χ3n) is 7.18. The molecule has 0 heterocycles. The lowest BCUT2D eigenvalue weighted by Gasteiger charge is -2.21. The van der Waals surface area contributed by atoms with Gasteiger partial charge in [-0.05, 0) is 36.8 Å². The third-order valence-corrected chi connectivity index (χ3v) is 7.18. The molecule has 0 aromatic heterocycles. The van der Waals surface area contributed by atoms with Crippen molar-refractivity contribution in [2.45, 2.75) is 130 Å². The van der Waals surface area contributed by atoms with Crippen LogP contribution in [0.2, 0.25) is 0 Å². The summed E-state index contributed by atoms with van der Waals surface area (Å²) in [5, 5.41) is 0. The first kappa shape index (κ1) is 34.4. The molecular weight excluding hydrogens is 444 g/mol. The van der Waals surface area contributed by atoms with Gasteiger partial charge in [0.05, 0.1) is 0 Å². The molecule has 0 spiro atoms. The van der Waals surface area contributed by atoms with Gasteiger partial charge in [0.1, 0.15) is 0 Å². The van der Waals surface area contributed by atoms with E-state index in [1.54, 1.807) is 22.0 Å². The molecule has 0 aliphatic carbocycles. The molecule has 0 aliphatic heterocycles. The molecule has 0 aromatic carbocycles. The fourth-order valence-electron chi connectivity index (χ4n) is 4.31. The van der Waals surface area contributed by atoms with E-state index in [9.17, 15) is 9.59 Å². The van der Waals surface area contributed by atoms with Crippen molar-refractivity contribution in [1.29, 1.82) is 0 Å². The van der Waals surface area contributed by atoms with Crippen LogP contribution >= 0.6 is 0 Å². The zero-order valence-corrected chi connectivity index (χ0v) is 24.9. The number of nitrogens with zero attached hydrogens (tertiary/aromatic N) is 2. The van der Waals surface area contributed by atoms with E-state index < -0.39 is 0 Å². The number of likely N-dealkylation sites (N-methyl/N-ethyl adjacent to an activating group) is 2. The molecule has 0 aliphatic rings. The van der Waals surface area contributed by atoms with Crippen LogP contribution < -0.4 is 0 Å². The lowest BCUT2D eigenvalue weighted by atomic mass is 10.0. The quantitative estimate of drug-likeness (QED) is 0.103. The average Bonchev–Trinajstić information content (AvgIpc) is 2.87. The molecule has 2 atom stereocenters. The number of hydrogen-bond donors (Lipinski definition) is 0. The summed E-state index contributed by atoms with van der Waals surface area (Å²) in [6.45, 7) is 9.96. The van der Waals surface area contributed by atoms with Crippen molar-refractivity contribution in [3.05, 3.63) is 24.3 Å². The van der Waals surface area contributed by atoms with E-state index in [4.69, 9.17) is 0 Å². The van der Waals surface area contributed by atoms with Gasteiger partial charge in [-0.2, -0.15) is 0 Å². The van der Waals surface area contributed by atoms with Crippen LogP contribution in [0.25, 0.3) is 0 Å². The smallest absolute Gasteiger partial charge is 0.246 e. The SMILES string of the molecule is CCCCCCCCCC(C)C=CC(=O)N(C)CCN(C)C(=O)C=CC(C)CCCCCCCCC. The number of carbonyl (C=O) groups is 2. The van der Waals surface area contributed by atoms with Crippen LogP contribution in [0.4, 0.5) is 0 Å². The lowest BCUT2D eigenvalue weighted by molar-refractivity contribution is -0.128. The molecule has 210 valence electrons. The number of carbonyl (C=O) groups excluding carboxylic acids is 2. The van der Waals surface area contributed by atoms with Crippen LogP contribution in [0.3, 0.4) is 0 Å². The van der Waals surface area contributed by atoms with E-state index in [1.165, 1.54) is 89.9 Å². The zero-order valence-electron chi connectivity index (χ0n) is 24.9. The van der Waals surface area contributed by atoms with E-state index >= 15 is 0 Å². The van der Waals surface area contributed by atoms with Gasteiger partial charge in [0.25, 0.3) is 0 Å². The summed E-state index contributed by atoms with van der Waals surface area (Å²) in [6, 6.07) is 0. The molecular formula is C32H60N2O2. The van der Waals surface area contributed by atoms with Crippen molar-refractivity contribution in [3.63, 3.8) is 0 Å². The van der Waals surface area contributed by atoms with Gasteiger partial charge in [-0.25, -0.2) is 0 Å². The molecule has 0 fully saturated rings. The molecule has 36 heavy (non-hydrogen) atoms. The first-order valence-electron chi connectivity index (χ1n) is 15.2. The summed E-state index contributed by atoms with van der Waals surface area (Å²) in [4.78, 5) is 28.3. The van der Waals surface area contributed by atoms with Gasteiger partial charge in [0, 0.05) is 27.2 Å². The molecule has 2 unspecified atom stereocenters. The highest BCUT2D eigenvalue weighted by Crippen LogP contribution is 2.15. The molecule has 0 radical (unpaired) electrons. The number of allylic oxidation sites excluding steroid dienone is 2. The van der Waals surface area contributed by atoms with Crippen LogP contribution in [0.1, 0.15) is 130 Å². The van der Waals surface area contributed by atoms with E-state index in [2.05, 4.69) is 27.7 Å². The lowest BCUT2D eigenvalue weighted by Crippen LogP contribution is -2.36. The second-order valence-electron chi connectivity index (χ2n) is 11.0. The van der Waals surface area contributed by atoms with Gasteiger partial charge in [-0.15, -0.1) is 0 Å². The summed E-state index contributed by atoms with van der Waals surface area (Å²) in [7, 11) is 3.62. The molecule has 0 aromatic rings. The summed E-state index contributed by atoms with van der Waals surface area (Å²) >= 11 is 0. The Morgan fingerprint density at radius 3 is 1.19 bits per heavy atom. The van der Waals surface area contributed by atoms with Crippen molar-refractivity contribution in [3.8, 4) is 0 Å². The Morgan fingerprint density at radius 2 is 0.861 bits per heavy atom. The highest BCUT2D eigenvalue weighted by molar-refractivity contribution is 5.88. The number of amides is 2. The van der Waals surface area contributed by atoms with Gasteiger partial charge in [-0.3, -0.25) is 9.59 Å². The van der Waals surface area contributed by atoms with E-state index in [0.717, 1.165) is 12.8 Å². The van der Waals surface area contributed by atoms with E-state index in [1.807, 2.05) is 26.2 Å². The Hall–Kier alpha value is -1.58. The Kier molecular flexibility index (Phi) is 22.8. The molecule has 4 nitrogen and oxygen atoms in total. The maximum atomic E-state index is 12.4. The summed E-state index contributed by atoms with van der Waals surface area (Å²) in [6.07, 6.45) is 28.2. The first-order valence-corrected chi connectivity index (χ1v) is 15.2. The summed E-state index contributed by atoms with van der Waals surface area (Å²) in [5.74, 6) is 0.883. The minimum atomic E-state index is 0.0149. The largest absolute Gasteiger partial charge is 0.340 e. The number of rotatable bonds is 23. The van der Waals surface area contributed by atoms with Gasteiger partial charge in [-0.1, -0.05) is 130 Å². The molecule has 0 bridgehead atoms. The maximum Gasteiger partial charge on any atom is 0.246 e.